The molecular formula is C17H23N3S. The fourth-order valence-electron chi connectivity index (χ4n) is 2.67. The Balaban J connectivity index is 1.91. The average Bonchev–Trinajstić information content (AvgIpc) is 2.80. The van der Waals surface area contributed by atoms with E-state index in [-0.39, 0.29) is 0 Å². The van der Waals surface area contributed by atoms with Crippen molar-refractivity contribution in [3.05, 3.63) is 29.8 Å². The number of thioether (sulfide) groups is 1. The van der Waals surface area contributed by atoms with Gasteiger partial charge < -0.3 is 5.32 Å². The zero-order valence-corrected chi connectivity index (χ0v) is 13.5. The van der Waals surface area contributed by atoms with Gasteiger partial charge in [-0.1, -0.05) is 37.4 Å². The minimum atomic E-state index is 0.682. The van der Waals surface area contributed by atoms with Crippen LogP contribution in [0.25, 0.3) is 0 Å². The number of benzene rings is 1. The molecular weight excluding hydrogens is 278 g/mol. The van der Waals surface area contributed by atoms with Crippen molar-refractivity contribution in [2.45, 2.75) is 38.5 Å². The van der Waals surface area contributed by atoms with Crippen LogP contribution in [0.3, 0.4) is 0 Å². The number of nitrogens with zero attached hydrogens (tertiary/aromatic N) is 2. The summed E-state index contributed by atoms with van der Waals surface area (Å²) in [5.74, 6) is 0.748. The third-order valence-electron chi connectivity index (χ3n) is 3.93. The summed E-state index contributed by atoms with van der Waals surface area (Å²) in [6.45, 7) is 0.930. The molecule has 0 radical (unpaired) electrons. The van der Waals surface area contributed by atoms with Gasteiger partial charge in [-0.15, -0.1) is 0 Å². The van der Waals surface area contributed by atoms with Gasteiger partial charge in [-0.3, -0.25) is 4.99 Å². The largest absolute Gasteiger partial charge is 0.335 e. The van der Waals surface area contributed by atoms with Crippen LogP contribution >= 0.6 is 11.8 Å². The third-order valence-corrected chi connectivity index (χ3v) is 4.54. The van der Waals surface area contributed by atoms with Crippen molar-refractivity contribution in [1.82, 2.24) is 0 Å². The zero-order valence-electron chi connectivity index (χ0n) is 12.6. The highest BCUT2D eigenvalue weighted by atomic mass is 32.2. The molecule has 0 bridgehead atoms. The molecule has 0 saturated heterocycles. The molecule has 112 valence electrons. The van der Waals surface area contributed by atoms with Gasteiger partial charge in [0.05, 0.1) is 11.6 Å². The fourth-order valence-corrected chi connectivity index (χ4v) is 3.09. The number of hydrogen-bond acceptors (Lipinski definition) is 3. The average molecular weight is 301 g/mol. The Morgan fingerprint density at radius 3 is 2.48 bits per heavy atom. The molecule has 4 heteroatoms. The minimum Gasteiger partial charge on any atom is -0.335 e. The van der Waals surface area contributed by atoms with Crippen LogP contribution in [-0.4, -0.2) is 18.0 Å². The van der Waals surface area contributed by atoms with Crippen LogP contribution in [-0.2, 0) is 0 Å². The predicted molar refractivity (Wildman–Crippen MR) is 91.8 cm³/mol. The standard InChI is InChI=1S/C17H23N3S/c1-21-17(19-13-15-6-4-2-3-5-7-15)20-16-10-8-14(12-18)9-11-16/h8-11,15H,2-7,13H2,1H3,(H,19,20). The summed E-state index contributed by atoms with van der Waals surface area (Å²) >= 11 is 1.64. The molecule has 0 amide bonds. The number of hydrogen-bond donors (Lipinski definition) is 1. The van der Waals surface area contributed by atoms with E-state index >= 15 is 0 Å². The topological polar surface area (TPSA) is 48.2 Å². The van der Waals surface area contributed by atoms with Crippen molar-refractivity contribution >= 4 is 22.6 Å². The maximum atomic E-state index is 8.81. The molecule has 0 aromatic heterocycles. The van der Waals surface area contributed by atoms with Crippen molar-refractivity contribution < 1.29 is 0 Å². The van der Waals surface area contributed by atoms with Gasteiger partial charge in [0.15, 0.2) is 5.17 Å². The van der Waals surface area contributed by atoms with Crippen LogP contribution in [0, 0.1) is 17.2 Å². The van der Waals surface area contributed by atoms with E-state index in [1.54, 1.807) is 11.8 Å². The van der Waals surface area contributed by atoms with Crippen LogP contribution < -0.4 is 5.32 Å². The fraction of sp³-hybridized carbons (Fsp3) is 0.529. The highest BCUT2D eigenvalue weighted by molar-refractivity contribution is 8.13. The molecule has 1 N–H and O–H groups in total. The molecule has 1 aliphatic carbocycles. The summed E-state index contributed by atoms with van der Waals surface area (Å²) in [4.78, 5) is 4.75. The van der Waals surface area contributed by atoms with Crippen LogP contribution in [0.15, 0.2) is 29.3 Å². The van der Waals surface area contributed by atoms with Crippen molar-refractivity contribution in [3.63, 3.8) is 0 Å². The Bertz CT molecular complexity index is 494. The van der Waals surface area contributed by atoms with Crippen molar-refractivity contribution in [2.24, 2.45) is 10.9 Å². The summed E-state index contributed by atoms with van der Waals surface area (Å²) in [6, 6.07) is 9.64. The van der Waals surface area contributed by atoms with Gasteiger partial charge >= 0.3 is 0 Å². The first kappa shape index (κ1) is 15.9. The smallest absolute Gasteiger partial charge is 0.160 e. The van der Waals surface area contributed by atoms with E-state index in [1.165, 1.54) is 38.5 Å². The molecule has 0 spiro atoms. The highest BCUT2D eigenvalue weighted by Gasteiger charge is 2.11. The van der Waals surface area contributed by atoms with Crippen LogP contribution in [0.1, 0.15) is 44.1 Å². The Morgan fingerprint density at radius 2 is 1.90 bits per heavy atom. The highest BCUT2D eigenvalue weighted by Crippen LogP contribution is 2.23. The summed E-state index contributed by atoms with van der Waals surface area (Å²) in [6.07, 6.45) is 10.2. The van der Waals surface area contributed by atoms with Crippen molar-refractivity contribution in [2.75, 3.05) is 18.1 Å². The van der Waals surface area contributed by atoms with Gasteiger partial charge in [-0.2, -0.15) is 5.26 Å². The SMILES string of the molecule is CSC(=NCC1CCCCCC1)Nc1ccc(C#N)cc1. The summed E-state index contributed by atoms with van der Waals surface area (Å²) < 4.78 is 0. The normalized spacial score (nSPS) is 17.0. The van der Waals surface area contributed by atoms with E-state index in [1.807, 2.05) is 30.5 Å². The van der Waals surface area contributed by atoms with Gasteiger partial charge in [0, 0.05) is 12.2 Å². The lowest BCUT2D eigenvalue weighted by atomic mass is 10.0. The molecule has 3 nitrogen and oxygen atoms in total. The quantitative estimate of drug-likeness (QED) is 0.502. The predicted octanol–water partition coefficient (Wildman–Crippen LogP) is 4.66. The molecule has 0 heterocycles. The maximum absolute atomic E-state index is 8.81. The molecule has 0 aliphatic heterocycles. The summed E-state index contributed by atoms with van der Waals surface area (Å²) in [5.41, 5.74) is 1.67. The first-order chi connectivity index (χ1) is 10.3. The number of rotatable bonds is 3. The van der Waals surface area contributed by atoms with Crippen LogP contribution in [0.5, 0.6) is 0 Å². The van der Waals surface area contributed by atoms with E-state index in [0.717, 1.165) is 23.3 Å². The van der Waals surface area contributed by atoms with Gasteiger partial charge in [0.2, 0.25) is 0 Å². The monoisotopic (exact) mass is 301 g/mol. The van der Waals surface area contributed by atoms with E-state index in [0.29, 0.717) is 5.56 Å². The Hall–Kier alpha value is -1.47. The van der Waals surface area contributed by atoms with Crippen LogP contribution in [0.4, 0.5) is 5.69 Å². The summed E-state index contributed by atoms with van der Waals surface area (Å²) in [7, 11) is 0. The lowest BCUT2D eigenvalue weighted by molar-refractivity contribution is 0.473. The molecule has 1 aromatic rings. The maximum Gasteiger partial charge on any atom is 0.160 e. The van der Waals surface area contributed by atoms with Crippen molar-refractivity contribution in [3.8, 4) is 6.07 Å². The molecule has 1 fully saturated rings. The molecule has 1 saturated carbocycles. The number of aliphatic imine (C=N–C) groups is 1. The number of anilines is 1. The molecule has 0 unspecified atom stereocenters. The van der Waals surface area contributed by atoms with Crippen LogP contribution in [0.2, 0.25) is 0 Å². The number of nitrogens with one attached hydrogen (secondary N) is 1. The van der Waals surface area contributed by atoms with Crippen molar-refractivity contribution in [1.29, 1.82) is 5.26 Å². The Morgan fingerprint density at radius 1 is 1.24 bits per heavy atom. The second kappa shape index (κ2) is 8.74. The Kier molecular flexibility index (Phi) is 6.62. The van der Waals surface area contributed by atoms with E-state index in [4.69, 9.17) is 10.3 Å². The molecule has 1 aliphatic rings. The zero-order chi connectivity index (χ0) is 14.9. The summed E-state index contributed by atoms with van der Waals surface area (Å²) in [5, 5.41) is 13.1. The first-order valence-corrected chi connectivity index (χ1v) is 8.90. The minimum absolute atomic E-state index is 0.682. The van der Waals surface area contributed by atoms with Gasteiger partial charge in [-0.05, 0) is 49.3 Å². The molecule has 1 aromatic carbocycles. The lowest BCUT2D eigenvalue weighted by Crippen LogP contribution is -2.11. The molecule has 2 rings (SSSR count). The molecule has 21 heavy (non-hydrogen) atoms. The van der Waals surface area contributed by atoms with Gasteiger partial charge in [-0.25, -0.2) is 0 Å². The third kappa shape index (κ3) is 5.43. The van der Waals surface area contributed by atoms with Gasteiger partial charge in [0.1, 0.15) is 0 Å². The van der Waals surface area contributed by atoms with E-state index in [9.17, 15) is 0 Å². The van der Waals surface area contributed by atoms with Gasteiger partial charge in [0.25, 0.3) is 0 Å². The van der Waals surface area contributed by atoms with E-state index < -0.39 is 0 Å². The lowest BCUT2D eigenvalue weighted by Gasteiger charge is -2.13. The second-order valence-electron chi connectivity index (χ2n) is 5.52. The first-order valence-electron chi connectivity index (χ1n) is 7.67. The number of nitriles is 1. The molecule has 0 atom stereocenters. The van der Waals surface area contributed by atoms with E-state index in [2.05, 4.69) is 11.4 Å². The second-order valence-corrected chi connectivity index (χ2v) is 6.32. The Labute approximate surface area is 131 Å². The number of amidine groups is 1.